The van der Waals surface area contributed by atoms with Gasteiger partial charge in [0.05, 0.1) is 5.39 Å². The highest BCUT2D eigenvalue weighted by Gasteiger charge is 2.21. The lowest BCUT2D eigenvalue weighted by Gasteiger charge is -2.10. The van der Waals surface area contributed by atoms with Gasteiger partial charge in [0.1, 0.15) is 39.2 Å². The van der Waals surface area contributed by atoms with Crippen LogP contribution in [0.15, 0.2) is 250 Å². The normalized spacial score (nSPS) is 11.2. The lowest BCUT2D eigenvalue weighted by Crippen LogP contribution is -2.00. The Morgan fingerprint density at radius 3 is 1.09 bits per heavy atom. The van der Waals surface area contributed by atoms with E-state index in [2.05, 4.69) is 87.7 Å². The van der Waals surface area contributed by atoms with Crippen LogP contribution in [0.5, 0.6) is 5.75 Å². The quantitative estimate of drug-likeness (QED) is 0.145. The Hall–Kier alpha value is -9.98. The van der Waals surface area contributed by atoms with Crippen LogP contribution in [0, 0.1) is 0 Å². The van der Waals surface area contributed by atoms with Gasteiger partial charge in [-0.05, 0) is 87.9 Å². The fraction of sp³-hybridized carbons (Fsp3) is 0. The fourth-order valence-corrected chi connectivity index (χ4v) is 10.3. The molecule has 0 fully saturated rings. The van der Waals surface area contributed by atoms with E-state index in [4.69, 9.17) is 61.1 Å². The molecule has 1 N–H and O–H groups in total. The summed E-state index contributed by atoms with van der Waals surface area (Å²) in [6.07, 6.45) is 0. The molecule has 0 aliphatic heterocycles. The number of benzene rings is 10. The molecule has 0 aliphatic rings. The van der Waals surface area contributed by atoms with Crippen molar-refractivity contribution in [2.24, 2.45) is 0 Å². The van der Waals surface area contributed by atoms with Crippen LogP contribution in [0.2, 0.25) is 10.6 Å². The zero-order valence-electron chi connectivity index (χ0n) is 42.1. The third-order valence-electron chi connectivity index (χ3n) is 13.5. The fourth-order valence-electron chi connectivity index (χ4n) is 9.90. The predicted octanol–water partition coefficient (Wildman–Crippen LogP) is 17.3. The van der Waals surface area contributed by atoms with Crippen LogP contribution >= 0.6 is 23.2 Å². The van der Waals surface area contributed by atoms with Crippen molar-refractivity contribution >= 4 is 96.7 Å². The van der Waals surface area contributed by atoms with Crippen LogP contribution in [0.3, 0.4) is 0 Å². The summed E-state index contributed by atoms with van der Waals surface area (Å²) in [6.45, 7) is 0. The first-order valence-corrected chi connectivity index (χ1v) is 26.2. The van der Waals surface area contributed by atoms with E-state index >= 15 is 0 Å². The average Bonchev–Trinajstić information content (AvgIpc) is 4.30. The van der Waals surface area contributed by atoms with E-state index in [0.717, 1.165) is 110 Å². The minimum Gasteiger partial charge on any atom is -0.537 e. The number of hydrogen-bond donors (Lipinski definition) is 1. The van der Waals surface area contributed by atoms with Crippen molar-refractivity contribution in [3.8, 4) is 73.6 Å². The zero-order valence-corrected chi connectivity index (χ0v) is 43.6. The van der Waals surface area contributed by atoms with Crippen LogP contribution in [0.4, 0.5) is 0 Å². The highest BCUT2D eigenvalue weighted by atomic mass is 35.5. The molecule has 15 rings (SSSR count). The Kier molecular flexibility index (Phi) is 13.5. The number of aromatic nitrogens is 6. The molecule has 5 aromatic heterocycles. The number of nitrogens with zero attached hydrogens (tertiary/aromatic N) is 6. The minimum atomic E-state index is 0.0899. The molecule has 0 spiro atoms. The van der Waals surface area contributed by atoms with Crippen molar-refractivity contribution in [2.45, 2.75) is 0 Å². The van der Waals surface area contributed by atoms with Crippen molar-refractivity contribution in [3.05, 3.63) is 247 Å². The van der Waals surface area contributed by atoms with E-state index in [1.807, 2.05) is 158 Å². The van der Waals surface area contributed by atoms with Crippen LogP contribution in [0.25, 0.3) is 134 Å². The summed E-state index contributed by atoms with van der Waals surface area (Å²) in [5.74, 6) is 2.82. The molecular weight excluding hydrogens is 1040 g/mol. The molecule has 0 saturated carbocycles. The van der Waals surface area contributed by atoms with Gasteiger partial charge < -0.3 is 22.9 Å². The molecule has 381 valence electrons. The topological polar surface area (TPSA) is 146 Å². The van der Waals surface area contributed by atoms with Crippen LogP contribution < -0.4 is 4.65 Å². The predicted molar refractivity (Wildman–Crippen MR) is 319 cm³/mol. The highest BCUT2D eigenvalue weighted by Crippen LogP contribution is 2.40. The smallest absolute Gasteiger partial charge is 0.537 e. The van der Waals surface area contributed by atoms with E-state index < -0.39 is 0 Å². The number of para-hydroxylation sites is 3. The van der Waals surface area contributed by atoms with Crippen LogP contribution in [0.1, 0.15) is 0 Å². The molecular formula is C66H40BCl2N6O5. The monoisotopic (exact) mass is 1080 g/mol. The molecule has 0 unspecified atom stereocenters. The molecule has 11 nitrogen and oxygen atoms in total. The van der Waals surface area contributed by atoms with Crippen molar-refractivity contribution in [1.82, 2.24) is 29.9 Å². The molecule has 0 atom stereocenters. The van der Waals surface area contributed by atoms with Gasteiger partial charge in [0.25, 0.3) is 0 Å². The molecule has 0 bridgehead atoms. The summed E-state index contributed by atoms with van der Waals surface area (Å²) in [5.41, 5.74) is 12.9. The first kappa shape index (κ1) is 49.6. The van der Waals surface area contributed by atoms with Gasteiger partial charge in [0, 0.05) is 49.2 Å². The Bertz CT molecular complexity index is 4560. The SMILES string of the molecule is Clc1nc(Cl)nc(-c2ccc(-c3ccccc3)cc2)n1.O[B]Oc1cccc2oc3ccccc3c12.c1ccc(-c2ccc(-c3nc(-c4cccc5oc6ccccc6c45)nc(-c4cccc5oc6ccccc6c45)n3)cc2)cc1. The summed E-state index contributed by atoms with van der Waals surface area (Å²) in [7, 11) is 0.677. The van der Waals surface area contributed by atoms with E-state index in [9.17, 15) is 0 Å². The zero-order chi connectivity index (χ0) is 53.9. The lowest BCUT2D eigenvalue weighted by atomic mass is 10.0. The van der Waals surface area contributed by atoms with Gasteiger partial charge in [0.2, 0.25) is 10.6 Å². The number of hydrogen-bond acceptors (Lipinski definition) is 11. The van der Waals surface area contributed by atoms with E-state index in [1.165, 1.54) is 0 Å². The lowest BCUT2D eigenvalue weighted by molar-refractivity contribution is 0.456. The summed E-state index contributed by atoms with van der Waals surface area (Å²) in [6, 6.07) is 78.2. The second kappa shape index (κ2) is 21.8. The number of fused-ring (bicyclic) bond motifs is 9. The van der Waals surface area contributed by atoms with Gasteiger partial charge in [-0.15, -0.1) is 0 Å². The molecule has 5 heterocycles. The van der Waals surface area contributed by atoms with Crippen molar-refractivity contribution < 1.29 is 22.9 Å². The maximum atomic E-state index is 8.71. The maximum Gasteiger partial charge on any atom is 0.569 e. The van der Waals surface area contributed by atoms with E-state index in [1.54, 1.807) is 6.07 Å². The Labute approximate surface area is 467 Å². The largest absolute Gasteiger partial charge is 0.569 e. The summed E-state index contributed by atoms with van der Waals surface area (Å²) < 4.78 is 23.1. The molecule has 80 heavy (non-hydrogen) atoms. The van der Waals surface area contributed by atoms with Crippen LogP contribution in [-0.4, -0.2) is 42.6 Å². The maximum absolute atomic E-state index is 8.71. The van der Waals surface area contributed by atoms with Gasteiger partial charge in [-0.25, -0.2) is 15.0 Å². The minimum absolute atomic E-state index is 0.0899. The van der Waals surface area contributed by atoms with Gasteiger partial charge in [-0.2, -0.15) is 15.0 Å². The molecule has 0 aliphatic carbocycles. The molecule has 0 amide bonds. The van der Waals surface area contributed by atoms with Crippen molar-refractivity contribution in [1.29, 1.82) is 0 Å². The second-order valence-corrected chi connectivity index (χ2v) is 19.1. The molecule has 0 saturated heterocycles. The van der Waals surface area contributed by atoms with Gasteiger partial charge >= 0.3 is 7.69 Å². The van der Waals surface area contributed by atoms with Crippen molar-refractivity contribution in [2.75, 3.05) is 0 Å². The van der Waals surface area contributed by atoms with Crippen molar-refractivity contribution in [3.63, 3.8) is 0 Å². The Morgan fingerprint density at radius 2 is 0.637 bits per heavy atom. The number of halogens is 2. The third kappa shape index (κ3) is 9.86. The van der Waals surface area contributed by atoms with E-state index in [0.29, 0.717) is 36.7 Å². The first-order valence-electron chi connectivity index (χ1n) is 25.4. The summed E-state index contributed by atoms with van der Waals surface area (Å²) >= 11 is 11.6. The number of furan rings is 3. The summed E-state index contributed by atoms with van der Waals surface area (Å²) in [4.78, 5) is 27.2. The highest BCUT2D eigenvalue weighted by molar-refractivity contribution is 6.31. The van der Waals surface area contributed by atoms with Crippen LogP contribution in [-0.2, 0) is 0 Å². The Balaban J connectivity index is 0.000000137. The third-order valence-corrected chi connectivity index (χ3v) is 13.9. The number of rotatable bonds is 8. The standard InChI is InChI=1S/C39H23N3O2.C15H9Cl2N3.C12H8BO3/c1-2-10-24(11-3-1)25-20-22-26(23-21-25)37-40-38(29-14-8-18-33-35(29)27-12-4-6-16-31(27)43-33)42-39(41-37)30-15-9-19-34-36(30)28-13-5-7-17-32(28)44-34;16-14-18-13(19-15(17)20-14)12-8-6-11(7-9-12)10-4-2-1-3-5-10;14-13-16-11-7-3-6-10-12(11)8-4-1-2-5-9(8)15-10/h1-23H;1-9H;1-7,14H. The average molecular weight is 1080 g/mol. The molecule has 1 radical (unpaired) electrons. The summed E-state index contributed by atoms with van der Waals surface area (Å²) in [5, 5.41) is 14.8. The van der Waals surface area contributed by atoms with E-state index in [-0.39, 0.29) is 10.6 Å². The molecule has 14 heteroatoms. The van der Waals surface area contributed by atoms with Gasteiger partial charge in [-0.3, -0.25) is 0 Å². The first-order chi connectivity index (χ1) is 39.4. The molecule has 15 aromatic rings. The Morgan fingerprint density at radius 1 is 0.300 bits per heavy atom. The second-order valence-electron chi connectivity index (χ2n) is 18.4. The van der Waals surface area contributed by atoms with Gasteiger partial charge in [0.15, 0.2) is 23.3 Å². The van der Waals surface area contributed by atoms with Gasteiger partial charge in [-0.1, -0.05) is 194 Å². The molecule has 10 aromatic carbocycles.